The number of rotatable bonds is 5. The minimum Gasteiger partial charge on any atom is -0.452 e. The minimum absolute atomic E-state index is 0.0111. The molecule has 0 atom stereocenters. The maximum atomic E-state index is 11.4. The molecular formula is C8H13O5P. The molecule has 0 bridgehead atoms. The Kier molecular flexibility index (Phi) is 6.22. The SMILES string of the molecule is CC#CCOC(=O)CP(=O)(OC)OC. The first-order valence-electron chi connectivity index (χ1n) is 3.83. The Labute approximate surface area is 83.3 Å². The second-order valence-corrected chi connectivity index (χ2v) is 4.49. The summed E-state index contributed by atoms with van der Waals surface area (Å²) in [7, 11) is -0.885. The van der Waals surface area contributed by atoms with E-state index in [4.69, 9.17) is 0 Å². The first kappa shape index (κ1) is 13.2. The van der Waals surface area contributed by atoms with Crippen molar-refractivity contribution in [3.05, 3.63) is 0 Å². The summed E-state index contributed by atoms with van der Waals surface area (Å²) in [6.07, 6.45) is -0.397. The van der Waals surface area contributed by atoms with Crippen LogP contribution in [0, 0.1) is 11.8 Å². The number of ether oxygens (including phenoxy) is 1. The zero-order valence-electron chi connectivity index (χ0n) is 8.40. The minimum atomic E-state index is -3.31. The van der Waals surface area contributed by atoms with Crippen LogP contribution in [-0.4, -0.2) is 33.0 Å². The molecule has 0 rings (SSSR count). The van der Waals surface area contributed by atoms with Crippen molar-refractivity contribution >= 4 is 13.6 Å². The smallest absolute Gasteiger partial charge is 0.341 e. The summed E-state index contributed by atoms with van der Waals surface area (Å²) in [5.74, 6) is 4.44. The van der Waals surface area contributed by atoms with Crippen molar-refractivity contribution in [1.82, 2.24) is 0 Å². The van der Waals surface area contributed by atoms with Crippen molar-refractivity contribution in [3.63, 3.8) is 0 Å². The third-order valence-corrected chi connectivity index (χ3v) is 3.12. The summed E-state index contributed by atoms with van der Waals surface area (Å²) in [6.45, 7) is 1.62. The van der Waals surface area contributed by atoms with Crippen molar-refractivity contribution in [2.75, 3.05) is 27.0 Å². The van der Waals surface area contributed by atoms with Gasteiger partial charge in [-0.3, -0.25) is 9.36 Å². The largest absolute Gasteiger partial charge is 0.452 e. The zero-order valence-corrected chi connectivity index (χ0v) is 9.30. The molecule has 0 saturated heterocycles. The first-order valence-corrected chi connectivity index (χ1v) is 5.56. The maximum absolute atomic E-state index is 11.4. The molecule has 0 fully saturated rings. The van der Waals surface area contributed by atoms with Gasteiger partial charge in [-0.2, -0.15) is 0 Å². The Hall–Kier alpha value is -0.820. The van der Waals surface area contributed by atoms with Crippen LogP contribution in [-0.2, 0) is 23.1 Å². The normalized spacial score (nSPS) is 10.2. The highest BCUT2D eigenvalue weighted by molar-refractivity contribution is 7.54. The van der Waals surface area contributed by atoms with E-state index in [-0.39, 0.29) is 6.61 Å². The monoisotopic (exact) mass is 220 g/mol. The highest BCUT2D eigenvalue weighted by Crippen LogP contribution is 2.45. The molecular weight excluding hydrogens is 207 g/mol. The molecule has 0 amide bonds. The summed E-state index contributed by atoms with van der Waals surface area (Å²) >= 11 is 0. The van der Waals surface area contributed by atoms with Crippen molar-refractivity contribution < 1.29 is 23.1 Å². The van der Waals surface area contributed by atoms with Crippen LogP contribution < -0.4 is 0 Å². The standard InChI is InChI=1S/C8H13O5P/c1-4-5-6-13-8(9)7-14(10,11-2)12-3/h6-7H2,1-3H3. The van der Waals surface area contributed by atoms with E-state index in [1.807, 2.05) is 0 Å². The molecule has 0 unspecified atom stereocenters. The first-order chi connectivity index (χ1) is 6.58. The molecule has 5 nitrogen and oxygen atoms in total. The van der Waals surface area contributed by atoms with Gasteiger partial charge in [0.15, 0.2) is 6.61 Å². The van der Waals surface area contributed by atoms with Crippen molar-refractivity contribution in [2.45, 2.75) is 6.92 Å². The highest BCUT2D eigenvalue weighted by atomic mass is 31.2. The van der Waals surface area contributed by atoms with E-state index in [9.17, 15) is 9.36 Å². The Balaban J connectivity index is 4.02. The quantitative estimate of drug-likeness (QED) is 0.393. The van der Waals surface area contributed by atoms with Crippen LogP contribution in [0.3, 0.4) is 0 Å². The second-order valence-electron chi connectivity index (χ2n) is 2.22. The second kappa shape index (κ2) is 6.61. The lowest BCUT2D eigenvalue weighted by molar-refractivity contribution is -0.139. The molecule has 0 heterocycles. The lowest BCUT2D eigenvalue weighted by Crippen LogP contribution is -2.11. The van der Waals surface area contributed by atoms with Crippen LogP contribution >= 0.6 is 7.60 Å². The lowest BCUT2D eigenvalue weighted by atomic mass is 10.6. The van der Waals surface area contributed by atoms with Gasteiger partial charge in [-0.05, 0) is 6.92 Å². The molecule has 0 saturated carbocycles. The lowest BCUT2D eigenvalue weighted by Gasteiger charge is -2.11. The fraction of sp³-hybridized carbons (Fsp3) is 0.625. The molecule has 0 N–H and O–H groups in total. The van der Waals surface area contributed by atoms with E-state index in [2.05, 4.69) is 25.6 Å². The Morgan fingerprint density at radius 2 is 1.93 bits per heavy atom. The van der Waals surface area contributed by atoms with Crippen LogP contribution in [0.25, 0.3) is 0 Å². The molecule has 0 aliphatic carbocycles. The fourth-order valence-corrected chi connectivity index (χ4v) is 1.41. The van der Waals surface area contributed by atoms with Gasteiger partial charge in [-0.15, -0.1) is 5.92 Å². The number of carbonyl (C=O) groups excluding carboxylic acids is 1. The van der Waals surface area contributed by atoms with Gasteiger partial charge in [-0.1, -0.05) is 5.92 Å². The average molecular weight is 220 g/mol. The summed E-state index contributed by atoms with van der Waals surface area (Å²) in [6, 6.07) is 0. The predicted octanol–water partition coefficient (Wildman–Crippen LogP) is 1.04. The average Bonchev–Trinajstić information content (AvgIpc) is 2.18. The highest BCUT2D eigenvalue weighted by Gasteiger charge is 2.26. The van der Waals surface area contributed by atoms with Crippen molar-refractivity contribution in [2.24, 2.45) is 0 Å². The van der Waals surface area contributed by atoms with E-state index in [0.29, 0.717) is 0 Å². The number of esters is 1. The Morgan fingerprint density at radius 3 is 2.36 bits per heavy atom. The van der Waals surface area contributed by atoms with Gasteiger partial charge in [0.2, 0.25) is 0 Å². The summed E-state index contributed by atoms with van der Waals surface area (Å²) in [5.41, 5.74) is 0. The van der Waals surface area contributed by atoms with Crippen molar-refractivity contribution in [1.29, 1.82) is 0 Å². The summed E-state index contributed by atoms with van der Waals surface area (Å²) in [5, 5.41) is 0. The summed E-state index contributed by atoms with van der Waals surface area (Å²) in [4.78, 5) is 11.0. The number of carbonyl (C=O) groups is 1. The van der Waals surface area contributed by atoms with E-state index in [1.54, 1.807) is 6.92 Å². The number of hydrogen-bond acceptors (Lipinski definition) is 5. The van der Waals surface area contributed by atoms with Gasteiger partial charge in [0.25, 0.3) is 0 Å². The van der Waals surface area contributed by atoms with E-state index < -0.39 is 19.7 Å². The van der Waals surface area contributed by atoms with Crippen LogP contribution in [0.5, 0.6) is 0 Å². The van der Waals surface area contributed by atoms with Crippen LogP contribution in [0.4, 0.5) is 0 Å². The Bertz CT molecular complexity index is 280. The molecule has 0 aromatic carbocycles. The maximum Gasteiger partial charge on any atom is 0.341 e. The van der Waals surface area contributed by atoms with Crippen molar-refractivity contribution in [3.8, 4) is 11.8 Å². The number of hydrogen-bond donors (Lipinski definition) is 0. The molecule has 0 aliphatic rings. The molecule has 6 heteroatoms. The third kappa shape index (κ3) is 5.03. The molecule has 0 aliphatic heterocycles. The molecule has 14 heavy (non-hydrogen) atoms. The summed E-state index contributed by atoms with van der Waals surface area (Å²) < 4.78 is 25.2. The van der Waals surface area contributed by atoms with Crippen LogP contribution in [0.2, 0.25) is 0 Å². The van der Waals surface area contributed by atoms with Crippen LogP contribution in [0.15, 0.2) is 0 Å². The van der Waals surface area contributed by atoms with Gasteiger partial charge in [0.1, 0.15) is 6.16 Å². The predicted molar refractivity (Wildman–Crippen MR) is 50.9 cm³/mol. The fourth-order valence-electron chi connectivity index (χ4n) is 0.596. The third-order valence-electron chi connectivity index (χ3n) is 1.36. The van der Waals surface area contributed by atoms with Gasteiger partial charge in [-0.25, -0.2) is 0 Å². The van der Waals surface area contributed by atoms with Gasteiger partial charge in [0, 0.05) is 14.2 Å². The zero-order chi connectivity index (χ0) is 11.0. The van der Waals surface area contributed by atoms with Gasteiger partial charge in [0.05, 0.1) is 0 Å². The van der Waals surface area contributed by atoms with E-state index >= 15 is 0 Å². The molecule has 0 aromatic rings. The molecule has 0 radical (unpaired) electrons. The topological polar surface area (TPSA) is 61.8 Å². The Morgan fingerprint density at radius 1 is 1.36 bits per heavy atom. The molecule has 0 aromatic heterocycles. The van der Waals surface area contributed by atoms with Gasteiger partial charge >= 0.3 is 13.6 Å². The molecule has 0 spiro atoms. The van der Waals surface area contributed by atoms with E-state index in [1.165, 1.54) is 14.2 Å². The van der Waals surface area contributed by atoms with Gasteiger partial charge < -0.3 is 13.8 Å². The van der Waals surface area contributed by atoms with Crippen LogP contribution in [0.1, 0.15) is 6.92 Å². The molecule has 80 valence electrons. The van der Waals surface area contributed by atoms with E-state index in [0.717, 1.165) is 0 Å².